The molecule has 6 nitrogen and oxygen atoms in total. The fourth-order valence-electron chi connectivity index (χ4n) is 2.99. The van der Waals surface area contributed by atoms with Gasteiger partial charge in [0.05, 0.1) is 35.1 Å². The first-order valence-electron chi connectivity index (χ1n) is 7.97. The molecule has 0 unspecified atom stereocenters. The van der Waals surface area contributed by atoms with E-state index in [0.717, 1.165) is 22.6 Å². The molecule has 0 bridgehead atoms. The van der Waals surface area contributed by atoms with Crippen LogP contribution in [0.4, 0.5) is 5.69 Å². The Kier molecular flexibility index (Phi) is 4.45. The summed E-state index contributed by atoms with van der Waals surface area (Å²) in [6, 6.07) is 7.92. The van der Waals surface area contributed by atoms with E-state index in [9.17, 15) is 8.42 Å². The van der Waals surface area contributed by atoms with Gasteiger partial charge in [-0.3, -0.25) is 10.1 Å². The van der Waals surface area contributed by atoms with Gasteiger partial charge in [-0.05, 0) is 39.3 Å². The van der Waals surface area contributed by atoms with Gasteiger partial charge in [-0.15, -0.1) is 0 Å². The molecule has 1 fully saturated rings. The molecule has 1 aliphatic heterocycles. The van der Waals surface area contributed by atoms with Crippen LogP contribution in [0.5, 0.6) is 0 Å². The number of anilines is 1. The summed E-state index contributed by atoms with van der Waals surface area (Å²) in [6.45, 7) is 5.91. The van der Waals surface area contributed by atoms with Crippen LogP contribution in [-0.2, 0) is 9.84 Å². The molecule has 3 rings (SSSR count). The summed E-state index contributed by atoms with van der Waals surface area (Å²) in [4.78, 5) is 0. The number of aromatic nitrogens is 2. The Morgan fingerprint density at radius 1 is 1.25 bits per heavy atom. The van der Waals surface area contributed by atoms with Crippen molar-refractivity contribution < 1.29 is 8.42 Å². The Balaban J connectivity index is 1.77. The first-order chi connectivity index (χ1) is 11.4. The third-order valence-electron chi connectivity index (χ3n) is 4.37. The maximum atomic E-state index is 11.7. The molecule has 1 atom stereocenters. The minimum Gasteiger partial charge on any atom is -0.279 e. The van der Waals surface area contributed by atoms with E-state index in [1.807, 2.05) is 49.7 Å². The number of hydrogen-bond acceptors (Lipinski definition) is 5. The second kappa shape index (κ2) is 6.39. The molecule has 128 valence electrons. The average Bonchev–Trinajstić information content (AvgIpc) is 3.02. The molecule has 0 radical (unpaired) electrons. The predicted molar refractivity (Wildman–Crippen MR) is 96.4 cm³/mol. The number of nitrogens with one attached hydrogen (secondary N) is 1. The van der Waals surface area contributed by atoms with E-state index in [-0.39, 0.29) is 17.5 Å². The molecule has 24 heavy (non-hydrogen) atoms. The molecule has 0 amide bonds. The summed E-state index contributed by atoms with van der Waals surface area (Å²) in [5, 5.41) is 8.81. The molecule has 7 heteroatoms. The van der Waals surface area contributed by atoms with Gasteiger partial charge in [0.15, 0.2) is 9.84 Å². The van der Waals surface area contributed by atoms with Crippen molar-refractivity contribution in [1.29, 1.82) is 0 Å². The molecule has 1 aliphatic rings. The molecular formula is C17H22N4O2S. The minimum absolute atomic E-state index is 0.0686. The largest absolute Gasteiger partial charge is 0.279 e. The molecule has 0 spiro atoms. The maximum absolute atomic E-state index is 11.7. The van der Waals surface area contributed by atoms with Gasteiger partial charge < -0.3 is 0 Å². The van der Waals surface area contributed by atoms with Crippen LogP contribution in [0.2, 0.25) is 0 Å². The summed E-state index contributed by atoms with van der Waals surface area (Å²) in [5.41, 5.74) is 7.85. The summed E-state index contributed by atoms with van der Waals surface area (Å²) in [7, 11) is -2.93. The van der Waals surface area contributed by atoms with Gasteiger partial charge in [-0.2, -0.15) is 10.2 Å². The fourth-order valence-corrected chi connectivity index (χ4v) is 4.68. The fraction of sp³-hybridized carbons (Fsp3) is 0.412. The quantitative estimate of drug-likeness (QED) is 0.682. The second-order valence-corrected chi connectivity index (χ2v) is 8.55. The number of hydrogen-bond donors (Lipinski definition) is 1. The molecule has 0 saturated carbocycles. The number of nitrogens with zero attached hydrogens (tertiary/aromatic N) is 3. The van der Waals surface area contributed by atoms with E-state index >= 15 is 0 Å². The normalized spacial score (nSPS) is 19.9. The van der Waals surface area contributed by atoms with Crippen LogP contribution in [0.1, 0.15) is 35.0 Å². The Bertz CT molecular complexity index is 867. The van der Waals surface area contributed by atoms with Crippen LogP contribution in [0.15, 0.2) is 29.4 Å². The zero-order valence-electron chi connectivity index (χ0n) is 14.2. The lowest BCUT2D eigenvalue weighted by Crippen LogP contribution is -2.14. The smallest absolute Gasteiger partial charge is 0.152 e. The Morgan fingerprint density at radius 3 is 2.58 bits per heavy atom. The number of benzene rings is 1. The molecule has 1 aromatic heterocycles. The number of aryl methyl sites for hydroxylation is 2. The van der Waals surface area contributed by atoms with Crippen molar-refractivity contribution in [2.45, 2.75) is 33.2 Å². The zero-order chi connectivity index (χ0) is 17.3. The van der Waals surface area contributed by atoms with Crippen LogP contribution < -0.4 is 5.43 Å². The standard InChI is InChI=1S/C17H22N4O2S/c1-12-4-6-15(7-5-12)19-18-10-17-13(2)20-21(14(17)3)16-8-9-24(22,23)11-16/h4-7,10,16,19H,8-9,11H2,1-3H3/b18-10-/t16-/m0/s1. The molecule has 2 aromatic rings. The summed E-state index contributed by atoms with van der Waals surface area (Å²) >= 11 is 0. The molecule has 1 N–H and O–H groups in total. The third kappa shape index (κ3) is 3.51. The van der Waals surface area contributed by atoms with Crippen LogP contribution in [-0.4, -0.2) is 35.9 Å². The summed E-state index contributed by atoms with van der Waals surface area (Å²) < 4.78 is 25.2. The molecule has 2 heterocycles. The van der Waals surface area contributed by atoms with Gasteiger partial charge in [0.25, 0.3) is 0 Å². The SMILES string of the molecule is Cc1ccc(N/N=C\c2c(C)nn([C@H]3CCS(=O)(=O)C3)c2C)cc1. The molecule has 1 aromatic carbocycles. The van der Waals surface area contributed by atoms with Crippen LogP contribution in [0, 0.1) is 20.8 Å². The minimum atomic E-state index is -2.93. The van der Waals surface area contributed by atoms with E-state index < -0.39 is 9.84 Å². The second-order valence-electron chi connectivity index (χ2n) is 6.32. The van der Waals surface area contributed by atoms with Gasteiger partial charge in [0.1, 0.15) is 0 Å². The van der Waals surface area contributed by atoms with Crippen molar-refractivity contribution in [2.75, 3.05) is 16.9 Å². The van der Waals surface area contributed by atoms with Crippen molar-refractivity contribution >= 4 is 21.7 Å². The summed E-state index contributed by atoms with van der Waals surface area (Å²) in [6.07, 6.45) is 2.37. The Morgan fingerprint density at radius 2 is 1.96 bits per heavy atom. The Labute approximate surface area is 142 Å². The van der Waals surface area contributed by atoms with E-state index in [0.29, 0.717) is 6.42 Å². The van der Waals surface area contributed by atoms with Crippen LogP contribution >= 0.6 is 0 Å². The lowest BCUT2D eigenvalue weighted by atomic mass is 10.2. The lowest BCUT2D eigenvalue weighted by Gasteiger charge is -2.10. The van der Waals surface area contributed by atoms with Gasteiger partial charge >= 0.3 is 0 Å². The lowest BCUT2D eigenvalue weighted by molar-refractivity contribution is 0.486. The predicted octanol–water partition coefficient (Wildman–Crippen LogP) is 2.61. The third-order valence-corrected chi connectivity index (χ3v) is 6.12. The van der Waals surface area contributed by atoms with Gasteiger partial charge in [-0.1, -0.05) is 17.7 Å². The highest BCUT2D eigenvalue weighted by Gasteiger charge is 2.31. The van der Waals surface area contributed by atoms with E-state index in [2.05, 4.69) is 15.6 Å². The van der Waals surface area contributed by atoms with E-state index in [1.165, 1.54) is 5.56 Å². The van der Waals surface area contributed by atoms with E-state index in [4.69, 9.17) is 0 Å². The number of rotatable bonds is 4. The Hall–Kier alpha value is -2.15. The first kappa shape index (κ1) is 16.7. The van der Waals surface area contributed by atoms with Crippen LogP contribution in [0.3, 0.4) is 0 Å². The van der Waals surface area contributed by atoms with E-state index in [1.54, 1.807) is 6.21 Å². The number of sulfone groups is 1. The highest BCUT2D eigenvalue weighted by Crippen LogP contribution is 2.26. The first-order valence-corrected chi connectivity index (χ1v) is 9.80. The van der Waals surface area contributed by atoms with Gasteiger partial charge in [-0.25, -0.2) is 8.42 Å². The van der Waals surface area contributed by atoms with Gasteiger partial charge in [0, 0.05) is 11.3 Å². The van der Waals surface area contributed by atoms with Crippen molar-refractivity contribution in [3.63, 3.8) is 0 Å². The molecule has 0 aliphatic carbocycles. The monoisotopic (exact) mass is 346 g/mol. The van der Waals surface area contributed by atoms with Crippen molar-refractivity contribution in [3.05, 3.63) is 46.8 Å². The highest BCUT2D eigenvalue weighted by molar-refractivity contribution is 7.91. The van der Waals surface area contributed by atoms with Crippen LogP contribution in [0.25, 0.3) is 0 Å². The number of hydrazone groups is 1. The molecule has 1 saturated heterocycles. The zero-order valence-corrected chi connectivity index (χ0v) is 15.0. The molecular weight excluding hydrogens is 324 g/mol. The topological polar surface area (TPSA) is 76.3 Å². The van der Waals surface area contributed by atoms with Crippen molar-refractivity contribution in [3.8, 4) is 0 Å². The maximum Gasteiger partial charge on any atom is 0.152 e. The van der Waals surface area contributed by atoms with Crippen molar-refractivity contribution in [1.82, 2.24) is 9.78 Å². The highest BCUT2D eigenvalue weighted by atomic mass is 32.2. The van der Waals surface area contributed by atoms with Gasteiger partial charge in [0.2, 0.25) is 0 Å². The average molecular weight is 346 g/mol. The van der Waals surface area contributed by atoms with Crippen molar-refractivity contribution in [2.24, 2.45) is 5.10 Å². The summed E-state index contributed by atoms with van der Waals surface area (Å²) in [5.74, 6) is 0.418.